The van der Waals surface area contributed by atoms with E-state index >= 15 is 0 Å². The zero-order valence-corrected chi connectivity index (χ0v) is 12.8. The van der Waals surface area contributed by atoms with E-state index in [0.29, 0.717) is 4.47 Å². The Balaban J connectivity index is 2.52. The highest BCUT2D eigenvalue weighted by atomic mass is 79.9. The molecule has 0 aliphatic rings. The molecular weight excluding hydrogens is 347 g/mol. The first-order chi connectivity index (χ1) is 9.29. The van der Waals surface area contributed by atoms with Crippen LogP contribution in [0.3, 0.4) is 0 Å². The van der Waals surface area contributed by atoms with Crippen LogP contribution < -0.4 is 0 Å². The highest BCUT2D eigenvalue weighted by Gasteiger charge is 2.16. The molecule has 0 radical (unpaired) electrons. The molecule has 0 amide bonds. The number of hydrogen-bond donors (Lipinski definition) is 0. The number of benzene rings is 2. The number of halogens is 2. The maximum Gasteiger partial charge on any atom is 0.196 e. The van der Waals surface area contributed by atoms with Crippen LogP contribution in [0.25, 0.3) is 0 Å². The van der Waals surface area contributed by atoms with Gasteiger partial charge in [0.15, 0.2) is 15.6 Å². The van der Waals surface area contributed by atoms with Gasteiger partial charge in [-0.3, -0.25) is 4.79 Å². The van der Waals surface area contributed by atoms with E-state index in [0.717, 1.165) is 6.26 Å². The Morgan fingerprint density at radius 2 is 1.85 bits per heavy atom. The van der Waals surface area contributed by atoms with Gasteiger partial charge in [0, 0.05) is 16.3 Å². The van der Waals surface area contributed by atoms with Crippen molar-refractivity contribution in [3.8, 4) is 0 Å². The maximum atomic E-state index is 13.7. The molecule has 2 aromatic carbocycles. The number of rotatable bonds is 3. The van der Waals surface area contributed by atoms with Crippen LogP contribution in [-0.4, -0.2) is 20.5 Å². The molecule has 20 heavy (non-hydrogen) atoms. The van der Waals surface area contributed by atoms with Crippen molar-refractivity contribution >= 4 is 31.6 Å². The molecule has 0 heterocycles. The van der Waals surface area contributed by atoms with Gasteiger partial charge in [0.2, 0.25) is 0 Å². The summed E-state index contributed by atoms with van der Waals surface area (Å²) in [6.45, 7) is 0. The fraction of sp³-hybridized carbons (Fsp3) is 0.0714. The average Bonchev–Trinajstić information content (AvgIpc) is 2.40. The van der Waals surface area contributed by atoms with Gasteiger partial charge in [0.05, 0.1) is 10.5 Å². The van der Waals surface area contributed by atoms with Crippen LogP contribution in [0.15, 0.2) is 51.8 Å². The fourth-order valence-corrected chi connectivity index (χ4v) is 2.72. The van der Waals surface area contributed by atoms with Gasteiger partial charge in [-0.05, 0) is 30.3 Å². The maximum absolute atomic E-state index is 13.7. The summed E-state index contributed by atoms with van der Waals surface area (Å²) in [6.07, 6.45) is 1.05. The van der Waals surface area contributed by atoms with Gasteiger partial charge in [-0.15, -0.1) is 0 Å². The molecule has 3 nitrogen and oxygen atoms in total. The van der Waals surface area contributed by atoms with Gasteiger partial charge in [-0.25, -0.2) is 12.8 Å². The molecule has 0 aliphatic heterocycles. The van der Waals surface area contributed by atoms with E-state index in [4.69, 9.17) is 0 Å². The second kappa shape index (κ2) is 5.46. The molecule has 6 heteroatoms. The number of sulfone groups is 1. The Kier molecular flexibility index (Phi) is 4.06. The summed E-state index contributed by atoms with van der Waals surface area (Å²) in [5, 5.41) is 0. The van der Waals surface area contributed by atoms with Gasteiger partial charge in [0.1, 0.15) is 5.82 Å². The van der Waals surface area contributed by atoms with Crippen molar-refractivity contribution in [1.82, 2.24) is 0 Å². The first kappa shape index (κ1) is 14.9. The van der Waals surface area contributed by atoms with E-state index in [1.54, 1.807) is 0 Å². The zero-order valence-electron chi connectivity index (χ0n) is 10.4. The normalized spacial score (nSPS) is 11.3. The molecule has 0 aromatic heterocycles. The summed E-state index contributed by atoms with van der Waals surface area (Å²) in [5.41, 5.74) is 0.0231. The molecule has 2 aromatic rings. The lowest BCUT2D eigenvalue weighted by molar-refractivity contribution is 0.103. The summed E-state index contributed by atoms with van der Waals surface area (Å²) in [5.74, 6) is -1.21. The van der Waals surface area contributed by atoms with Crippen LogP contribution in [0.5, 0.6) is 0 Å². The number of hydrogen-bond acceptors (Lipinski definition) is 3. The molecular formula is C14H10BrFO3S. The van der Waals surface area contributed by atoms with Crippen LogP contribution in [0.1, 0.15) is 15.9 Å². The van der Waals surface area contributed by atoms with E-state index in [9.17, 15) is 17.6 Å². The minimum Gasteiger partial charge on any atom is -0.288 e. The van der Waals surface area contributed by atoms with E-state index < -0.39 is 21.4 Å². The fourth-order valence-electron chi connectivity index (χ4n) is 1.69. The molecule has 0 fully saturated rings. The SMILES string of the molecule is CS(=O)(=O)c1cccc(C(=O)c2cc(Br)ccc2F)c1. The lowest BCUT2D eigenvalue weighted by atomic mass is 10.0. The first-order valence-corrected chi connectivity index (χ1v) is 8.27. The van der Waals surface area contributed by atoms with Gasteiger partial charge in [-0.2, -0.15) is 0 Å². The highest BCUT2D eigenvalue weighted by Crippen LogP contribution is 2.20. The Morgan fingerprint density at radius 3 is 2.50 bits per heavy atom. The lowest BCUT2D eigenvalue weighted by Crippen LogP contribution is -2.06. The van der Waals surface area contributed by atoms with Crippen molar-refractivity contribution in [2.75, 3.05) is 6.26 Å². The molecule has 2 rings (SSSR count). The summed E-state index contributed by atoms with van der Waals surface area (Å²) in [6, 6.07) is 9.58. The van der Waals surface area contributed by atoms with Crippen LogP contribution >= 0.6 is 15.9 Å². The molecule has 0 saturated carbocycles. The van der Waals surface area contributed by atoms with Crippen molar-refractivity contribution in [2.45, 2.75) is 4.90 Å². The monoisotopic (exact) mass is 356 g/mol. The summed E-state index contributed by atoms with van der Waals surface area (Å²) in [7, 11) is -3.41. The third-order valence-corrected chi connectivity index (χ3v) is 4.30. The van der Waals surface area contributed by atoms with Crippen molar-refractivity contribution < 1.29 is 17.6 Å². The predicted octanol–water partition coefficient (Wildman–Crippen LogP) is 3.22. The number of ketones is 1. The first-order valence-electron chi connectivity index (χ1n) is 5.59. The number of carbonyl (C=O) groups is 1. The smallest absolute Gasteiger partial charge is 0.196 e. The third-order valence-electron chi connectivity index (χ3n) is 2.70. The van der Waals surface area contributed by atoms with Crippen LogP contribution in [0.4, 0.5) is 4.39 Å². The van der Waals surface area contributed by atoms with Crippen molar-refractivity contribution in [3.63, 3.8) is 0 Å². The summed E-state index contributed by atoms with van der Waals surface area (Å²) >= 11 is 3.17. The van der Waals surface area contributed by atoms with Crippen LogP contribution in [0.2, 0.25) is 0 Å². The molecule has 0 aliphatic carbocycles. The van der Waals surface area contributed by atoms with E-state index in [-0.39, 0.29) is 16.0 Å². The molecule has 0 unspecified atom stereocenters. The van der Waals surface area contributed by atoms with Crippen molar-refractivity contribution in [3.05, 3.63) is 63.9 Å². The molecule has 0 saturated heterocycles. The topological polar surface area (TPSA) is 51.2 Å². The average molecular weight is 357 g/mol. The second-order valence-electron chi connectivity index (χ2n) is 4.25. The van der Waals surface area contributed by atoms with Crippen molar-refractivity contribution in [2.24, 2.45) is 0 Å². The van der Waals surface area contributed by atoms with Gasteiger partial charge in [-0.1, -0.05) is 28.1 Å². The zero-order chi connectivity index (χ0) is 14.9. The van der Waals surface area contributed by atoms with Gasteiger partial charge < -0.3 is 0 Å². The molecule has 0 spiro atoms. The molecule has 104 valence electrons. The minimum atomic E-state index is -3.41. The van der Waals surface area contributed by atoms with E-state index in [2.05, 4.69) is 15.9 Å². The molecule has 0 N–H and O–H groups in total. The Bertz CT molecular complexity index is 785. The quantitative estimate of drug-likeness (QED) is 0.793. The van der Waals surface area contributed by atoms with Crippen molar-refractivity contribution in [1.29, 1.82) is 0 Å². The highest BCUT2D eigenvalue weighted by molar-refractivity contribution is 9.10. The summed E-state index contributed by atoms with van der Waals surface area (Å²) in [4.78, 5) is 12.3. The standard InChI is InChI=1S/C14H10BrFO3S/c1-20(18,19)11-4-2-3-9(7-11)14(17)12-8-10(15)5-6-13(12)16/h2-8H,1H3. The largest absolute Gasteiger partial charge is 0.288 e. The minimum absolute atomic E-state index is 0.0266. The second-order valence-corrected chi connectivity index (χ2v) is 7.18. The molecule has 0 atom stereocenters. The van der Waals surface area contributed by atoms with Gasteiger partial charge >= 0.3 is 0 Å². The van der Waals surface area contributed by atoms with E-state index in [1.165, 1.54) is 42.5 Å². The Hall–Kier alpha value is -1.53. The van der Waals surface area contributed by atoms with E-state index in [1.807, 2.05) is 0 Å². The van der Waals surface area contributed by atoms with Gasteiger partial charge in [0.25, 0.3) is 0 Å². The van der Waals surface area contributed by atoms with Crippen LogP contribution in [0, 0.1) is 5.82 Å². The predicted molar refractivity (Wildman–Crippen MR) is 77.1 cm³/mol. The Labute approximate surface area is 124 Å². The summed E-state index contributed by atoms with van der Waals surface area (Å²) < 4.78 is 37.2. The lowest BCUT2D eigenvalue weighted by Gasteiger charge is -2.05. The third kappa shape index (κ3) is 3.13. The van der Waals surface area contributed by atoms with Crippen LogP contribution in [-0.2, 0) is 9.84 Å². The number of carbonyl (C=O) groups excluding carboxylic acids is 1. The Morgan fingerprint density at radius 1 is 1.15 bits per heavy atom. The molecule has 0 bridgehead atoms.